The molecule has 38 heavy (non-hydrogen) atoms. The summed E-state index contributed by atoms with van der Waals surface area (Å²) in [6.07, 6.45) is 2.29. The molecule has 12 heteroatoms. The molecule has 1 saturated heterocycles. The molecule has 2 amide bonds. The van der Waals surface area contributed by atoms with Crippen LogP contribution >= 0.6 is 0 Å². The Bertz CT molecular complexity index is 1250. The number of carbonyl (C=O) groups excluding carboxylic acids is 2. The summed E-state index contributed by atoms with van der Waals surface area (Å²) in [6, 6.07) is 13.3. The number of nitrogens with one attached hydrogen (secondary N) is 1. The number of β-amino-alcohol motifs (C(OH)–C–C–N with tert-alkyl or cyclic N) is 1. The fraction of sp³-hybridized carbons (Fsp3) is 0.385. The second kappa shape index (κ2) is 12.2. The largest absolute Gasteiger partial charge is 0.392 e. The number of likely N-dealkylation sites (tertiary alicyclic amines) is 1. The smallest absolute Gasteiger partial charge is 0.379 e. The van der Waals surface area contributed by atoms with Crippen molar-refractivity contribution < 1.29 is 32.4 Å². The minimum absolute atomic E-state index is 0.0232. The number of halogens is 3. The van der Waals surface area contributed by atoms with Gasteiger partial charge in [0.05, 0.1) is 25.0 Å². The number of amides is 2. The van der Waals surface area contributed by atoms with Crippen LogP contribution in [0.3, 0.4) is 0 Å². The van der Waals surface area contributed by atoms with Crippen molar-refractivity contribution in [2.75, 3.05) is 32.0 Å². The lowest BCUT2D eigenvalue weighted by atomic mass is 10.0. The molecule has 3 heterocycles. The number of likely N-dealkylation sites (N-methyl/N-ethyl adjacent to an activating group) is 1. The maximum atomic E-state index is 13.4. The Morgan fingerprint density at radius 2 is 2.05 bits per heavy atom. The van der Waals surface area contributed by atoms with Crippen molar-refractivity contribution in [1.82, 2.24) is 19.9 Å². The first-order chi connectivity index (χ1) is 18.2. The van der Waals surface area contributed by atoms with Crippen LogP contribution < -0.4 is 5.32 Å². The second-order valence-electron chi connectivity index (χ2n) is 9.24. The van der Waals surface area contributed by atoms with E-state index >= 15 is 0 Å². The van der Waals surface area contributed by atoms with Crippen LogP contribution in [0.2, 0.25) is 0 Å². The lowest BCUT2D eigenvalue weighted by Gasteiger charge is -2.32. The zero-order valence-corrected chi connectivity index (χ0v) is 20.7. The standard InChI is InChI=1S/C25H27N5O4.CHF3/c1-29(24(33)10-16-5-6-17-12-23(32)27-21(17)9-16)22(14-30-8-7-20(31)13-30)18-3-2-4-19(11-18)25-26-15-34-28-25;2-1(3)4/h2-6,9,11,15,20,22,31H,7-8,10,12-14H2,1H3,(H,27,32);1H/t20-,22+;/m0./s1. The highest BCUT2D eigenvalue weighted by molar-refractivity contribution is 5.99. The van der Waals surface area contributed by atoms with E-state index in [0.717, 1.165) is 40.9 Å². The fourth-order valence-corrected chi connectivity index (χ4v) is 4.70. The Balaban J connectivity index is 0.000000786. The van der Waals surface area contributed by atoms with Crippen molar-refractivity contribution >= 4 is 17.5 Å². The van der Waals surface area contributed by atoms with Gasteiger partial charge < -0.3 is 19.8 Å². The van der Waals surface area contributed by atoms with Crippen molar-refractivity contribution in [3.8, 4) is 11.4 Å². The summed E-state index contributed by atoms with van der Waals surface area (Å²) in [4.78, 5) is 33.1. The molecule has 0 spiro atoms. The Labute approximate surface area is 217 Å². The third-order valence-corrected chi connectivity index (χ3v) is 6.59. The van der Waals surface area contributed by atoms with Crippen LogP contribution in [0.5, 0.6) is 0 Å². The van der Waals surface area contributed by atoms with Gasteiger partial charge in [0.1, 0.15) is 0 Å². The van der Waals surface area contributed by atoms with E-state index in [9.17, 15) is 27.9 Å². The number of aliphatic hydroxyl groups is 1. The highest BCUT2D eigenvalue weighted by Gasteiger charge is 2.29. The van der Waals surface area contributed by atoms with Crippen molar-refractivity contribution in [3.05, 3.63) is 65.5 Å². The van der Waals surface area contributed by atoms with Crippen LogP contribution in [-0.4, -0.2) is 76.3 Å². The molecule has 202 valence electrons. The molecule has 0 bridgehead atoms. The average Bonchev–Trinajstić information content (AvgIpc) is 3.62. The van der Waals surface area contributed by atoms with E-state index in [2.05, 4.69) is 20.4 Å². The molecule has 1 fully saturated rings. The van der Waals surface area contributed by atoms with Crippen molar-refractivity contribution in [2.45, 2.75) is 38.1 Å². The van der Waals surface area contributed by atoms with Gasteiger partial charge >= 0.3 is 6.68 Å². The molecule has 9 nitrogen and oxygen atoms in total. The summed E-state index contributed by atoms with van der Waals surface area (Å²) >= 11 is 0. The van der Waals surface area contributed by atoms with Gasteiger partial charge in [-0.1, -0.05) is 35.5 Å². The van der Waals surface area contributed by atoms with Gasteiger partial charge in [-0.2, -0.15) is 18.2 Å². The van der Waals surface area contributed by atoms with E-state index in [1.54, 1.807) is 4.90 Å². The molecule has 2 N–H and O–H groups in total. The predicted octanol–water partition coefficient (Wildman–Crippen LogP) is 3.22. The number of fused-ring (bicyclic) bond motifs is 1. The average molecular weight is 532 g/mol. The number of nitrogens with zero attached hydrogens (tertiary/aromatic N) is 4. The van der Waals surface area contributed by atoms with Crippen LogP contribution in [0.25, 0.3) is 11.4 Å². The summed E-state index contributed by atoms with van der Waals surface area (Å²) in [5.74, 6) is 0.440. The van der Waals surface area contributed by atoms with E-state index in [-0.39, 0.29) is 30.4 Å². The zero-order valence-electron chi connectivity index (χ0n) is 20.7. The first-order valence-corrected chi connectivity index (χ1v) is 12.1. The molecule has 2 atom stereocenters. The van der Waals surface area contributed by atoms with E-state index < -0.39 is 6.68 Å². The number of hydrogen-bond donors (Lipinski definition) is 2. The number of hydrogen-bond acceptors (Lipinski definition) is 7. The van der Waals surface area contributed by atoms with Gasteiger partial charge in [0.25, 0.3) is 0 Å². The second-order valence-corrected chi connectivity index (χ2v) is 9.24. The van der Waals surface area contributed by atoms with Crippen molar-refractivity contribution in [3.63, 3.8) is 0 Å². The highest BCUT2D eigenvalue weighted by atomic mass is 19.4. The lowest BCUT2D eigenvalue weighted by Crippen LogP contribution is -2.39. The maximum absolute atomic E-state index is 13.4. The van der Waals surface area contributed by atoms with Crippen LogP contribution in [0.1, 0.15) is 29.2 Å². The number of aliphatic hydroxyl groups excluding tert-OH is 1. The summed E-state index contributed by atoms with van der Waals surface area (Å²) in [5, 5.41) is 16.8. The Hall–Kier alpha value is -3.77. The number of alkyl halides is 3. The summed E-state index contributed by atoms with van der Waals surface area (Å²) in [6.45, 7) is -1.68. The Morgan fingerprint density at radius 3 is 2.74 bits per heavy atom. The lowest BCUT2D eigenvalue weighted by molar-refractivity contribution is -0.131. The Morgan fingerprint density at radius 1 is 1.26 bits per heavy atom. The molecule has 2 aromatic carbocycles. The monoisotopic (exact) mass is 531 g/mol. The van der Waals surface area contributed by atoms with E-state index in [4.69, 9.17) is 4.52 Å². The molecule has 0 unspecified atom stereocenters. The van der Waals surface area contributed by atoms with E-state index in [0.29, 0.717) is 25.3 Å². The number of aromatic nitrogens is 2. The van der Waals surface area contributed by atoms with Gasteiger partial charge in [-0.3, -0.25) is 14.5 Å². The minimum Gasteiger partial charge on any atom is -0.392 e. The van der Waals surface area contributed by atoms with Crippen molar-refractivity contribution in [1.29, 1.82) is 0 Å². The summed E-state index contributed by atoms with van der Waals surface area (Å²) in [7, 11) is 1.82. The molecule has 1 aromatic heterocycles. The summed E-state index contributed by atoms with van der Waals surface area (Å²) in [5.41, 5.74) is 4.37. The number of carbonyl (C=O) groups is 2. The number of benzene rings is 2. The molecule has 5 rings (SSSR count). The fourth-order valence-electron chi connectivity index (χ4n) is 4.70. The van der Waals surface area contributed by atoms with Gasteiger partial charge in [0.2, 0.25) is 24.0 Å². The topological polar surface area (TPSA) is 112 Å². The molecule has 2 aliphatic heterocycles. The molecule has 2 aliphatic rings. The number of anilines is 1. The molecular weight excluding hydrogens is 503 g/mol. The van der Waals surface area contributed by atoms with Gasteiger partial charge in [-0.15, -0.1) is 0 Å². The van der Waals surface area contributed by atoms with Gasteiger partial charge in [-0.05, 0) is 35.2 Å². The SMILES string of the molecule is CN(C(=O)Cc1ccc2c(c1)NC(=O)C2)[C@H](CN1CC[C@H](O)C1)c1cccc(-c2ncon2)c1.FC(F)F. The van der Waals surface area contributed by atoms with Crippen LogP contribution in [-0.2, 0) is 22.4 Å². The van der Waals surface area contributed by atoms with E-state index in [1.165, 1.54) is 6.39 Å². The third-order valence-electron chi connectivity index (χ3n) is 6.59. The maximum Gasteiger partial charge on any atom is 0.379 e. The summed E-state index contributed by atoms with van der Waals surface area (Å²) < 4.78 is 33.9. The Kier molecular flexibility index (Phi) is 8.74. The quantitative estimate of drug-likeness (QED) is 0.482. The van der Waals surface area contributed by atoms with Crippen LogP contribution in [0.4, 0.5) is 18.9 Å². The molecular formula is C26H28F3N5O4. The first-order valence-electron chi connectivity index (χ1n) is 12.1. The molecule has 0 aliphatic carbocycles. The third kappa shape index (κ3) is 6.95. The van der Waals surface area contributed by atoms with Crippen LogP contribution in [0.15, 0.2) is 53.4 Å². The zero-order chi connectivity index (χ0) is 27.2. The highest BCUT2D eigenvalue weighted by Crippen LogP contribution is 2.28. The van der Waals surface area contributed by atoms with Gasteiger partial charge in [0, 0.05) is 37.9 Å². The van der Waals surface area contributed by atoms with Crippen LogP contribution in [0, 0.1) is 0 Å². The number of rotatable bonds is 7. The molecule has 0 radical (unpaired) electrons. The van der Waals surface area contributed by atoms with Gasteiger partial charge in [0.15, 0.2) is 0 Å². The minimum atomic E-state index is -3.67. The van der Waals surface area contributed by atoms with Crippen molar-refractivity contribution in [2.24, 2.45) is 0 Å². The van der Waals surface area contributed by atoms with E-state index in [1.807, 2.05) is 49.5 Å². The van der Waals surface area contributed by atoms with Gasteiger partial charge in [-0.25, -0.2) is 0 Å². The molecule has 3 aromatic rings. The predicted molar refractivity (Wildman–Crippen MR) is 132 cm³/mol. The normalized spacial score (nSPS) is 17.5. The first kappa shape index (κ1) is 27.3. The molecule has 0 saturated carbocycles.